The molecule has 0 spiro atoms. The fourth-order valence-electron chi connectivity index (χ4n) is 5.36. The maximum atomic E-state index is 13.4. The number of methoxy groups -OCH3 is 1. The lowest BCUT2D eigenvalue weighted by atomic mass is 9.74. The maximum Gasteiger partial charge on any atom is 0.194 e. The van der Waals surface area contributed by atoms with Gasteiger partial charge in [0.2, 0.25) is 0 Å². The number of nitrogens with zero attached hydrogens (tertiary/aromatic N) is 3. The van der Waals surface area contributed by atoms with Gasteiger partial charge in [-0.1, -0.05) is 0 Å². The summed E-state index contributed by atoms with van der Waals surface area (Å²) in [4.78, 5) is 8.71. The standard InChI is InChI=1S/C29H37F3N4O3/c1-35(2)25-17-34-24-5-4-20(39-3)16-21(24)27(25)26(38)6-7-29(18-37)8-11-36(12-9-29)13-10-33-19-14-22(30)28(32)23(31)15-19/h4-5,14-17,26,33,37-38H,6-13,18H2,1-3H3. The molecule has 1 fully saturated rings. The number of aromatic nitrogens is 1. The number of benzene rings is 2. The summed E-state index contributed by atoms with van der Waals surface area (Å²) in [5.74, 6) is -3.22. The lowest BCUT2D eigenvalue weighted by molar-refractivity contribution is 0.0248. The minimum atomic E-state index is -1.48. The van der Waals surface area contributed by atoms with Crippen LogP contribution in [0.15, 0.2) is 36.5 Å². The molecule has 2 aromatic carbocycles. The summed E-state index contributed by atoms with van der Waals surface area (Å²) in [5, 5.41) is 25.5. The molecule has 1 aliphatic heterocycles. The number of halogens is 3. The van der Waals surface area contributed by atoms with Crippen LogP contribution in [-0.2, 0) is 0 Å². The van der Waals surface area contributed by atoms with Crippen molar-refractivity contribution in [1.82, 2.24) is 9.88 Å². The number of likely N-dealkylation sites (tertiary alicyclic amines) is 1. The summed E-state index contributed by atoms with van der Waals surface area (Å²) in [5.41, 5.74) is 2.31. The number of aliphatic hydroxyl groups is 2. The van der Waals surface area contributed by atoms with Crippen molar-refractivity contribution in [3.05, 3.63) is 59.5 Å². The fourth-order valence-corrected chi connectivity index (χ4v) is 5.36. The second-order valence-corrected chi connectivity index (χ2v) is 10.6. The Labute approximate surface area is 227 Å². The van der Waals surface area contributed by atoms with Gasteiger partial charge in [-0.15, -0.1) is 0 Å². The van der Waals surface area contributed by atoms with E-state index in [1.807, 2.05) is 37.2 Å². The van der Waals surface area contributed by atoms with Crippen molar-refractivity contribution in [3.8, 4) is 5.75 Å². The number of hydrogen-bond donors (Lipinski definition) is 3. The van der Waals surface area contributed by atoms with Crippen LogP contribution in [0, 0.1) is 22.9 Å². The Morgan fingerprint density at radius 2 is 1.82 bits per heavy atom. The first-order valence-corrected chi connectivity index (χ1v) is 13.2. The zero-order valence-corrected chi connectivity index (χ0v) is 22.7. The molecule has 1 aliphatic rings. The number of piperidine rings is 1. The molecular formula is C29H37F3N4O3. The molecule has 3 aromatic rings. The topological polar surface area (TPSA) is 81.1 Å². The van der Waals surface area contributed by atoms with E-state index in [1.165, 1.54) is 0 Å². The van der Waals surface area contributed by atoms with Crippen LogP contribution in [0.1, 0.15) is 37.4 Å². The van der Waals surface area contributed by atoms with Gasteiger partial charge in [0.05, 0.1) is 30.6 Å². The first-order chi connectivity index (χ1) is 18.7. The Bertz CT molecular complexity index is 1260. The monoisotopic (exact) mass is 546 g/mol. The van der Waals surface area contributed by atoms with Gasteiger partial charge < -0.3 is 30.1 Å². The first kappa shape index (κ1) is 28.9. The van der Waals surface area contributed by atoms with E-state index in [9.17, 15) is 23.4 Å². The average molecular weight is 547 g/mol. The summed E-state index contributed by atoms with van der Waals surface area (Å²) < 4.78 is 45.4. The lowest BCUT2D eigenvalue weighted by Crippen LogP contribution is -2.43. The largest absolute Gasteiger partial charge is 0.497 e. The van der Waals surface area contributed by atoms with Gasteiger partial charge in [0.1, 0.15) is 5.75 Å². The first-order valence-electron chi connectivity index (χ1n) is 13.2. The molecule has 1 atom stereocenters. The van der Waals surface area contributed by atoms with E-state index in [0.717, 1.165) is 60.2 Å². The third-order valence-electron chi connectivity index (χ3n) is 7.85. The molecule has 1 saturated heterocycles. The molecule has 1 unspecified atom stereocenters. The molecule has 7 nitrogen and oxygen atoms in total. The van der Waals surface area contributed by atoms with Crippen molar-refractivity contribution in [1.29, 1.82) is 0 Å². The number of nitrogens with one attached hydrogen (secondary N) is 1. The number of rotatable bonds is 11. The predicted octanol–water partition coefficient (Wildman–Crippen LogP) is 4.73. The van der Waals surface area contributed by atoms with Gasteiger partial charge in [0, 0.05) is 62.6 Å². The van der Waals surface area contributed by atoms with Crippen molar-refractivity contribution >= 4 is 22.3 Å². The second-order valence-electron chi connectivity index (χ2n) is 10.6. The SMILES string of the molecule is COc1ccc2ncc(N(C)C)c(C(O)CCC3(CO)CCN(CCNc4cc(F)c(F)c(F)c4)CC3)c2c1. The summed E-state index contributed by atoms with van der Waals surface area (Å²) in [6.07, 6.45) is 3.70. The van der Waals surface area contributed by atoms with Crippen LogP contribution in [0.3, 0.4) is 0 Å². The highest BCUT2D eigenvalue weighted by Crippen LogP contribution is 2.41. The predicted molar refractivity (Wildman–Crippen MR) is 147 cm³/mol. The van der Waals surface area contributed by atoms with E-state index >= 15 is 0 Å². The van der Waals surface area contributed by atoms with Crippen molar-refractivity contribution in [2.24, 2.45) is 5.41 Å². The highest BCUT2D eigenvalue weighted by atomic mass is 19.2. The maximum absolute atomic E-state index is 13.4. The third-order valence-corrected chi connectivity index (χ3v) is 7.85. The summed E-state index contributed by atoms with van der Waals surface area (Å²) in [6.45, 7) is 2.63. The van der Waals surface area contributed by atoms with Gasteiger partial charge in [-0.05, 0) is 62.4 Å². The molecule has 39 heavy (non-hydrogen) atoms. The van der Waals surface area contributed by atoms with E-state index in [0.29, 0.717) is 31.7 Å². The quantitative estimate of drug-likeness (QED) is 0.300. The number of aliphatic hydroxyl groups excluding tert-OH is 2. The molecule has 10 heteroatoms. The van der Waals surface area contributed by atoms with Crippen LogP contribution >= 0.6 is 0 Å². The minimum absolute atomic E-state index is 0.0331. The van der Waals surface area contributed by atoms with Crippen molar-refractivity contribution in [2.45, 2.75) is 31.8 Å². The lowest BCUT2D eigenvalue weighted by Gasteiger charge is -2.41. The van der Waals surface area contributed by atoms with E-state index < -0.39 is 23.6 Å². The van der Waals surface area contributed by atoms with Gasteiger partial charge in [0.15, 0.2) is 17.5 Å². The van der Waals surface area contributed by atoms with Crippen LogP contribution in [0.25, 0.3) is 10.9 Å². The normalized spacial score (nSPS) is 16.3. The molecule has 0 aliphatic carbocycles. The van der Waals surface area contributed by atoms with Crippen molar-refractivity contribution in [2.75, 3.05) is 64.2 Å². The highest BCUT2D eigenvalue weighted by molar-refractivity contribution is 5.88. The number of pyridine rings is 1. The van der Waals surface area contributed by atoms with Crippen LogP contribution < -0.4 is 15.0 Å². The van der Waals surface area contributed by atoms with Crippen LogP contribution in [0.4, 0.5) is 24.5 Å². The molecule has 4 rings (SSSR count). The Morgan fingerprint density at radius 3 is 2.44 bits per heavy atom. The Hall–Kier alpha value is -3.08. The minimum Gasteiger partial charge on any atom is -0.497 e. The second kappa shape index (κ2) is 12.4. The zero-order chi connectivity index (χ0) is 28.2. The van der Waals surface area contributed by atoms with Crippen LogP contribution in [-0.4, -0.2) is 74.1 Å². The number of ether oxygens (including phenoxy) is 1. The number of anilines is 2. The summed E-state index contributed by atoms with van der Waals surface area (Å²) in [6, 6.07) is 7.52. The molecule has 3 N–H and O–H groups in total. The molecule has 1 aromatic heterocycles. The van der Waals surface area contributed by atoms with E-state index in [2.05, 4.69) is 15.2 Å². The molecule has 0 radical (unpaired) electrons. The zero-order valence-electron chi connectivity index (χ0n) is 22.7. The molecular weight excluding hydrogens is 509 g/mol. The van der Waals surface area contributed by atoms with Gasteiger partial charge in [-0.2, -0.15) is 0 Å². The summed E-state index contributed by atoms with van der Waals surface area (Å²) >= 11 is 0. The number of hydrogen-bond acceptors (Lipinski definition) is 7. The average Bonchev–Trinajstić information content (AvgIpc) is 2.94. The molecule has 212 valence electrons. The molecule has 0 bridgehead atoms. The van der Waals surface area contributed by atoms with Gasteiger partial charge in [-0.3, -0.25) is 4.98 Å². The number of fused-ring (bicyclic) bond motifs is 1. The smallest absolute Gasteiger partial charge is 0.194 e. The summed E-state index contributed by atoms with van der Waals surface area (Å²) in [7, 11) is 5.44. The Balaban J connectivity index is 1.37. The van der Waals surface area contributed by atoms with Crippen molar-refractivity contribution in [3.63, 3.8) is 0 Å². The highest BCUT2D eigenvalue weighted by Gasteiger charge is 2.35. The van der Waals surface area contributed by atoms with Crippen molar-refractivity contribution < 1.29 is 28.1 Å². The third kappa shape index (κ3) is 6.57. The van der Waals surface area contributed by atoms with E-state index in [-0.39, 0.29) is 17.7 Å². The Kier molecular flexibility index (Phi) is 9.19. The van der Waals surface area contributed by atoms with Crippen LogP contribution in [0.2, 0.25) is 0 Å². The van der Waals surface area contributed by atoms with E-state index in [1.54, 1.807) is 13.3 Å². The van der Waals surface area contributed by atoms with Gasteiger partial charge in [0.25, 0.3) is 0 Å². The fraction of sp³-hybridized carbons (Fsp3) is 0.483. The van der Waals surface area contributed by atoms with E-state index in [4.69, 9.17) is 4.74 Å². The van der Waals surface area contributed by atoms with Gasteiger partial charge >= 0.3 is 0 Å². The van der Waals surface area contributed by atoms with Gasteiger partial charge in [-0.25, -0.2) is 13.2 Å². The molecule has 0 amide bonds. The molecule has 2 heterocycles. The Morgan fingerprint density at radius 1 is 1.13 bits per heavy atom. The van der Waals surface area contributed by atoms with Crippen LogP contribution in [0.5, 0.6) is 5.75 Å². The molecule has 0 saturated carbocycles.